The Labute approximate surface area is 92.8 Å². The molecule has 0 spiro atoms. The molecule has 0 aromatic heterocycles. The molecule has 2 unspecified atom stereocenters. The monoisotopic (exact) mass is 200 g/mol. The van der Waals surface area contributed by atoms with E-state index in [0.717, 1.165) is 11.8 Å². The van der Waals surface area contributed by atoms with Crippen LogP contribution in [0.2, 0.25) is 0 Å². The topological polar surface area (TPSA) is 0 Å². The predicted molar refractivity (Wildman–Crippen MR) is 70.7 cm³/mol. The smallest absolute Gasteiger partial charge is 0.0386 e. The van der Waals surface area contributed by atoms with Crippen molar-refractivity contribution < 1.29 is 0 Å². The Morgan fingerprint density at radius 1 is 1.07 bits per heavy atom. The van der Waals surface area contributed by atoms with E-state index in [9.17, 15) is 0 Å². The van der Waals surface area contributed by atoms with Crippen molar-refractivity contribution in [3.05, 3.63) is 13.2 Å². The van der Waals surface area contributed by atoms with Crippen LogP contribution in [-0.4, -0.2) is 0 Å². The lowest BCUT2D eigenvalue weighted by molar-refractivity contribution is 0.620. The van der Waals surface area contributed by atoms with Crippen molar-refractivity contribution >= 4 is 0 Å². The van der Waals surface area contributed by atoms with Gasteiger partial charge in [-0.15, -0.1) is 13.2 Å². The third-order valence-corrected chi connectivity index (χ3v) is 2.20. The van der Waals surface area contributed by atoms with Gasteiger partial charge in [0.1, 0.15) is 0 Å². The molecule has 1 aliphatic carbocycles. The SMILES string of the molecule is C=C.CC.CC.CCCCC1CC1C. The maximum Gasteiger partial charge on any atom is -0.0386 e. The molecule has 0 saturated heterocycles. The minimum Gasteiger partial charge on any atom is -0.106 e. The Bertz CT molecular complexity index is 76.1. The van der Waals surface area contributed by atoms with Gasteiger partial charge in [0.15, 0.2) is 0 Å². The second-order valence-electron chi connectivity index (χ2n) is 3.12. The predicted octanol–water partition coefficient (Wildman–Crippen LogP) is 5.69. The Kier molecular flexibility index (Phi) is 25.6. The first-order valence-electron chi connectivity index (χ1n) is 6.34. The summed E-state index contributed by atoms with van der Waals surface area (Å²) < 4.78 is 0. The summed E-state index contributed by atoms with van der Waals surface area (Å²) in [5.74, 6) is 2.19. The first-order chi connectivity index (χ1) is 6.84. The van der Waals surface area contributed by atoms with E-state index in [1.165, 1.54) is 25.7 Å². The van der Waals surface area contributed by atoms with Gasteiger partial charge in [-0.2, -0.15) is 0 Å². The molecular formula is C14H32. The molecule has 0 aliphatic heterocycles. The van der Waals surface area contributed by atoms with E-state index in [1.807, 2.05) is 27.7 Å². The number of rotatable bonds is 3. The second kappa shape index (κ2) is 18.5. The van der Waals surface area contributed by atoms with Crippen LogP contribution >= 0.6 is 0 Å². The summed E-state index contributed by atoms with van der Waals surface area (Å²) in [6, 6.07) is 0. The van der Waals surface area contributed by atoms with Gasteiger partial charge in [-0.1, -0.05) is 60.8 Å². The van der Waals surface area contributed by atoms with Crippen molar-refractivity contribution in [2.75, 3.05) is 0 Å². The van der Waals surface area contributed by atoms with Crippen LogP contribution in [-0.2, 0) is 0 Å². The van der Waals surface area contributed by atoms with Gasteiger partial charge in [-0.3, -0.25) is 0 Å². The first-order valence-corrected chi connectivity index (χ1v) is 6.34. The molecule has 1 aliphatic rings. The van der Waals surface area contributed by atoms with Crippen LogP contribution in [0.5, 0.6) is 0 Å². The molecule has 1 rings (SSSR count). The highest BCUT2D eigenvalue weighted by Gasteiger charge is 2.30. The largest absolute Gasteiger partial charge is 0.106 e. The third kappa shape index (κ3) is 14.3. The van der Waals surface area contributed by atoms with E-state index in [2.05, 4.69) is 27.0 Å². The van der Waals surface area contributed by atoms with E-state index >= 15 is 0 Å². The molecule has 0 bridgehead atoms. The normalized spacial score (nSPS) is 21.3. The van der Waals surface area contributed by atoms with Crippen molar-refractivity contribution in [3.8, 4) is 0 Å². The van der Waals surface area contributed by atoms with Gasteiger partial charge in [0.05, 0.1) is 0 Å². The third-order valence-electron chi connectivity index (χ3n) is 2.20. The van der Waals surface area contributed by atoms with Crippen molar-refractivity contribution in [1.29, 1.82) is 0 Å². The fourth-order valence-corrected chi connectivity index (χ4v) is 1.27. The fraction of sp³-hybridized carbons (Fsp3) is 0.857. The molecule has 0 nitrogen and oxygen atoms in total. The highest BCUT2D eigenvalue weighted by atomic mass is 14.4. The lowest BCUT2D eigenvalue weighted by Crippen LogP contribution is -1.77. The molecule has 1 saturated carbocycles. The Morgan fingerprint density at radius 3 is 1.64 bits per heavy atom. The van der Waals surface area contributed by atoms with E-state index in [1.54, 1.807) is 0 Å². The van der Waals surface area contributed by atoms with Crippen LogP contribution in [0.15, 0.2) is 13.2 Å². The molecule has 0 heterocycles. The standard InChI is InChI=1S/C8H16.2C2H6.C2H4/c1-3-4-5-8-6-7(8)2;3*1-2/h7-8H,3-6H2,1-2H3;2*1-2H3;1-2H2. The van der Waals surface area contributed by atoms with E-state index in [0.29, 0.717) is 0 Å². The molecule has 1 fully saturated rings. The quantitative estimate of drug-likeness (QED) is 0.514. The van der Waals surface area contributed by atoms with Gasteiger partial charge >= 0.3 is 0 Å². The maximum atomic E-state index is 3.00. The molecule has 0 aromatic rings. The van der Waals surface area contributed by atoms with Crippen molar-refractivity contribution in [2.24, 2.45) is 11.8 Å². The number of hydrogen-bond acceptors (Lipinski definition) is 0. The van der Waals surface area contributed by atoms with E-state index in [4.69, 9.17) is 0 Å². The molecule has 0 heteroatoms. The summed E-state index contributed by atoms with van der Waals surface area (Å²) in [5, 5.41) is 0. The minimum absolute atomic E-state index is 1.07. The van der Waals surface area contributed by atoms with Gasteiger partial charge in [0.2, 0.25) is 0 Å². The molecular weight excluding hydrogens is 168 g/mol. The molecule has 0 amide bonds. The molecule has 2 atom stereocenters. The summed E-state index contributed by atoms with van der Waals surface area (Å²) in [5.41, 5.74) is 0. The average Bonchev–Trinajstić information content (AvgIpc) is 3.00. The zero-order valence-corrected chi connectivity index (χ0v) is 11.4. The van der Waals surface area contributed by atoms with Crippen LogP contribution in [0.3, 0.4) is 0 Å². The van der Waals surface area contributed by atoms with Crippen LogP contribution in [0.1, 0.15) is 67.2 Å². The molecule has 0 radical (unpaired) electrons. The van der Waals surface area contributed by atoms with Crippen LogP contribution < -0.4 is 0 Å². The summed E-state index contributed by atoms with van der Waals surface area (Å²) in [6.07, 6.45) is 5.84. The highest BCUT2D eigenvalue weighted by Crippen LogP contribution is 2.41. The molecule has 88 valence electrons. The first kappa shape index (κ1) is 19.3. The molecule has 0 N–H and O–H groups in total. The van der Waals surface area contributed by atoms with Crippen molar-refractivity contribution in [3.63, 3.8) is 0 Å². The van der Waals surface area contributed by atoms with Crippen molar-refractivity contribution in [2.45, 2.75) is 67.2 Å². The van der Waals surface area contributed by atoms with Gasteiger partial charge < -0.3 is 0 Å². The fourth-order valence-electron chi connectivity index (χ4n) is 1.27. The Balaban J connectivity index is -0.000000174. The zero-order chi connectivity index (χ0) is 12.0. The highest BCUT2D eigenvalue weighted by molar-refractivity contribution is 4.81. The number of unbranched alkanes of at least 4 members (excludes halogenated alkanes) is 1. The maximum absolute atomic E-state index is 3.00. The van der Waals surface area contributed by atoms with Gasteiger partial charge in [0, 0.05) is 0 Å². The summed E-state index contributed by atoms with van der Waals surface area (Å²) in [4.78, 5) is 0. The lowest BCUT2D eigenvalue weighted by atomic mass is 10.2. The van der Waals surface area contributed by atoms with Crippen LogP contribution in [0, 0.1) is 11.8 Å². The Morgan fingerprint density at radius 2 is 1.43 bits per heavy atom. The Hall–Kier alpha value is -0.260. The zero-order valence-electron chi connectivity index (χ0n) is 11.4. The number of hydrogen-bond donors (Lipinski definition) is 0. The van der Waals surface area contributed by atoms with Gasteiger partial charge in [-0.05, 0) is 18.3 Å². The summed E-state index contributed by atoms with van der Waals surface area (Å²) >= 11 is 0. The average molecular weight is 200 g/mol. The van der Waals surface area contributed by atoms with Crippen LogP contribution in [0.25, 0.3) is 0 Å². The molecule has 14 heavy (non-hydrogen) atoms. The van der Waals surface area contributed by atoms with Crippen LogP contribution in [0.4, 0.5) is 0 Å². The minimum atomic E-state index is 1.07. The van der Waals surface area contributed by atoms with E-state index in [-0.39, 0.29) is 0 Å². The van der Waals surface area contributed by atoms with Gasteiger partial charge in [0.25, 0.3) is 0 Å². The van der Waals surface area contributed by atoms with E-state index < -0.39 is 0 Å². The molecule has 0 aromatic carbocycles. The lowest BCUT2D eigenvalue weighted by Gasteiger charge is -1.91. The van der Waals surface area contributed by atoms with Crippen molar-refractivity contribution in [1.82, 2.24) is 0 Å². The summed E-state index contributed by atoms with van der Waals surface area (Å²) in [6.45, 7) is 18.6. The van der Waals surface area contributed by atoms with Gasteiger partial charge in [-0.25, -0.2) is 0 Å². The second-order valence-corrected chi connectivity index (χ2v) is 3.12. The summed E-state index contributed by atoms with van der Waals surface area (Å²) in [7, 11) is 0.